The van der Waals surface area contributed by atoms with E-state index in [9.17, 15) is 31.6 Å². The van der Waals surface area contributed by atoms with E-state index >= 15 is 0 Å². The number of fused-ring (bicyclic) bond motifs is 3. The van der Waals surface area contributed by atoms with Crippen LogP contribution in [0, 0.1) is 41.4 Å². The van der Waals surface area contributed by atoms with Gasteiger partial charge in [-0.2, -0.15) is 17.2 Å². The third-order valence-electron chi connectivity index (χ3n) is 8.68. The maximum Gasteiger partial charge on any atom is 0.465 e. The zero-order valence-corrected chi connectivity index (χ0v) is 19.4. The van der Waals surface area contributed by atoms with Gasteiger partial charge in [0.25, 0.3) is 0 Å². The van der Waals surface area contributed by atoms with Gasteiger partial charge in [0.1, 0.15) is 18.3 Å². The molecule has 0 aromatic carbocycles. The van der Waals surface area contributed by atoms with Crippen LogP contribution in [0.15, 0.2) is 0 Å². The molecule has 0 spiro atoms. The summed E-state index contributed by atoms with van der Waals surface area (Å²) < 4.78 is 73.8. The molecule has 190 valence electrons. The van der Waals surface area contributed by atoms with Crippen molar-refractivity contribution in [3.8, 4) is 0 Å². The molecule has 0 aromatic heterocycles. The molecule has 8 atom stereocenters. The van der Waals surface area contributed by atoms with Gasteiger partial charge in [0.15, 0.2) is 0 Å². The van der Waals surface area contributed by atoms with Gasteiger partial charge in [-0.1, -0.05) is 13.3 Å². The van der Waals surface area contributed by atoms with E-state index in [4.69, 9.17) is 18.8 Å². The van der Waals surface area contributed by atoms with Gasteiger partial charge in [-0.05, 0) is 56.3 Å². The second-order valence-corrected chi connectivity index (χ2v) is 12.1. The maximum absolute atomic E-state index is 13.8. The third kappa shape index (κ3) is 3.71. The fourth-order valence-electron chi connectivity index (χ4n) is 7.37. The Kier molecular flexibility index (Phi) is 5.70. The minimum Gasteiger partial charge on any atom is -0.462 e. The second-order valence-electron chi connectivity index (χ2n) is 10.6. The molecule has 0 aromatic rings. The third-order valence-corrected chi connectivity index (χ3v) is 9.49. The highest BCUT2D eigenvalue weighted by Crippen LogP contribution is 2.59. The molecule has 34 heavy (non-hydrogen) atoms. The van der Waals surface area contributed by atoms with Crippen LogP contribution in [0.1, 0.15) is 51.9 Å². The van der Waals surface area contributed by atoms with E-state index in [1.807, 2.05) is 0 Å². The van der Waals surface area contributed by atoms with Crippen molar-refractivity contribution in [2.75, 3.05) is 0 Å². The van der Waals surface area contributed by atoms with Gasteiger partial charge in [0.05, 0.1) is 11.8 Å². The lowest BCUT2D eigenvalue weighted by molar-refractivity contribution is -0.181. The van der Waals surface area contributed by atoms with E-state index in [0.717, 1.165) is 38.5 Å². The summed E-state index contributed by atoms with van der Waals surface area (Å²) in [7, 11) is -6.05. The average Bonchev–Trinajstić information content (AvgIpc) is 3.35. The van der Waals surface area contributed by atoms with Crippen LogP contribution < -0.4 is 0 Å². The van der Waals surface area contributed by atoms with Crippen LogP contribution in [0.4, 0.5) is 8.78 Å². The summed E-state index contributed by atoms with van der Waals surface area (Å²) in [6, 6.07) is 0. The largest absolute Gasteiger partial charge is 0.465 e. The SMILES string of the molecule is CCC1CC2CC(C1)CC(OC(=O)C1C3CC4C(OC(=O)C41)C3OC(=O)C(F)(F)S(=O)(=O)O)C2. The number of hydrogen-bond acceptors (Lipinski definition) is 8. The molecule has 0 radical (unpaired) electrons. The number of halogens is 2. The zero-order valence-electron chi connectivity index (χ0n) is 18.6. The van der Waals surface area contributed by atoms with Crippen molar-refractivity contribution in [3.05, 3.63) is 0 Å². The Morgan fingerprint density at radius 1 is 1.06 bits per heavy atom. The zero-order chi connectivity index (χ0) is 24.6. The molecule has 1 saturated heterocycles. The van der Waals surface area contributed by atoms with Crippen molar-refractivity contribution in [2.24, 2.45) is 41.4 Å². The highest BCUT2D eigenvalue weighted by Gasteiger charge is 2.71. The van der Waals surface area contributed by atoms with Crippen LogP contribution in [0.25, 0.3) is 0 Å². The number of rotatable bonds is 6. The quantitative estimate of drug-likeness (QED) is 0.327. The molecular weight excluding hydrogens is 478 g/mol. The molecular formula is C22H28F2O9S. The Morgan fingerprint density at radius 2 is 1.71 bits per heavy atom. The molecule has 5 rings (SSSR count). The molecule has 9 nitrogen and oxygen atoms in total. The van der Waals surface area contributed by atoms with E-state index in [2.05, 4.69) is 6.92 Å². The number of alkyl halides is 2. The normalized spacial score (nSPS) is 42.9. The van der Waals surface area contributed by atoms with Crippen LogP contribution in [0.2, 0.25) is 0 Å². The molecule has 1 heterocycles. The summed E-state index contributed by atoms with van der Waals surface area (Å²) in [6.07, 6.45) is 3.44. The molecule has 4 bridgehead atoms. The fraction of sp³-hybridized carbons (Fsp3) is 0.864. The molecule has 4 aliphatic carbocycles. The Morgan fingerprint density at radius 3 is 2.29 bits per heavy atom. The monoisotopic (exact) mass is 506 g/mol. The first kappa shape index (κ1) is 23.9. The smallest absolute Gasteiger partial charge is 0.462 e. The lowest BCUT2D eigenvalue weighted by Crippen LogP contribution is -2.48. The molecule has 5 fully saturated rings. The van der Waals surface area contributed by atoms with Crippen LogP contribution in [-0.2, 0) is 38.7 Å². The summed E-state index contributed by atoms with van der Waals surface area (Å²) >= 11 is 0. The van der Waals surface area contributed by atoms with Crippen molar-refractivity contribution in [1.29, 1.82) is 0 Å². The van der Waals surface area contributed by atoms with Gasteiger partial charge in [0.2, 0.25) is 0 Å². The molecule has 5 aliphatic rings. The van der Waals surface area contributed by atoms with E-state index in [-0.39, 0.29) is 12.5 Å². The number of hydrogen-bond donors (Lipinski definition) is 1. The molecule has 4 saturated carbocycles. The lowest BCUT2D eigenvalue weighted by atomic mass is 9.66. The predicted octanol–water partition coefficient (Wildman–Crippen LogP) is 2.33. The minimum atomic E-state index is -6.05. The standard InChI is InChI=1S/C22H28F2O9S/c1-2-9-3-10-5-11(4-9)7-12(6-10)31-19(25)15-14-8-13-16(15)20(26)32-17(13)18(14)33-21(27)22(23,24)34(28,29)30/h9-18H,2-8H2,1H3,(H,28,29,30). The first-order valence-corrected chi connectivity index (χ1v) is 13.3. The van der Waals surface area contributed by atoms with E-state index in [1.54, 1.807) is 0 Å². The highest BCUT2D eigenvalue weighted by atomic mass is 32.2. The molecule has 12 heteroatoms. The van der Waals surface area contributed by atoms with Gasteiger partial charge in [-0.3, -0.25) is 14.1 Å². The lowest BCUT2D eigenvalue weighted by Gasteiger charge is -2.42. The Bertz CT molecular complexity index is 984. The van der Waals surface area contributed by atoms with Crippen molar-refractivity contribution in [1.82, 2.24) is 0 Å². The Labute approximate surface area is 195 Å². The van der Waals surface area contributed by atoms with Crippen LogP contribution in [0.5, 0.6) is 0 Å². The number of esters is 3. The van der Waals surface area contributed by atoms with Crippen molar-refractivity contribution in [2.45, 2.75) is 75.4 Å². The fourth-order valence-corrected chi connectivity index (χ4v) is 7.62. The van der Waals surface area contributed by atoms with Gasteiger partial charge in [-0.15, -0.1) is 0 Å². The summed E-state index contributed by atoms with van der Waals surface area (Å²) in [5.74, 6) is -5.26. The van der Waals surface area contributed by atoms with Crippen LogP contribution in [-0.4, -0.2) is 54.4 Å². The van der Waals surface area contributed by atoms with Crippen molar-refractivity contribution < 1.29 is 50.3 Å². The van der Waals surface area contributed by atoms with E-state index in [1.165, 1.54) is 0 Å². The highest BCUT2D eigenvalue weighted by molar-refractivity contribution is 7.87. The Hall–Kier alpha value is -1.82. The molecule has 8 unspecified atom stereocenters. The van der Waals surface area contributed by atoms with Crippen molar-refractivity contribution in [3.63, 3.8) is 0 Å². The number of carbonyl (C=O) groups is 3. The number of ether oxygens (including phenoxy) is 3. The summed E-state index contributed by atoms with van der Waals surface area (Å²) in [5, 5.41) is -5.18. The molecule has 1 aliphatic heterocycles. The summed E-state index contributed by atoms with van der Waals surface area (Å²) in [4.78, 5) is 37.6. The van der Waals surface area contributed by atoms with E-state index in [0.29, 0.717) is 17.8 Å². The van der Waals surface area contributed by atoms with E-state index < -0.39 is 69.2 Å². The summed E-state index contributed by atoms with van der Waals surface area (Å²) in [5.41, 5.74) is 0. The second kappa shape index (κ2) is 8.11. The van der Waals surface area contributed by atoms with Gasteiger partial charge in [-0.25, -0.2) is 4.79 Å². The van der Waals surface area contributed by atoms with Crippen molar-refractivity contribution >= 4 is 28.0 Å². The van der Waals surface area contributed by atoms with Gasteiger partial charge < -0.3 is 14.2 Å². The maximum atomic E-state index is 13.8. The Balaban J connectivity index is 1.30. The molecule has 1 N–H and O–H groups in total. The van der Waals surface area contributed by atoms with Gasteiger partial charge in [0, 0.05) is 11.8 Å². The first-order valence-electron chi connectivity index (χ1n) is 11.9. The first-order chi connectivity index (χ1) is 15.9. The average molecular weight is 507 g/mol. The summed E-state index contributed by atoms with van der Waals surface area (Å²) in [6.45, 7) is 2.18. The van der Waals surface area contributed by atoms with Crippen LogP contribution in [0.3, 0.4) is 0 Å². The van der Waals surface area contributed by atoms with Crippen LogP contribution >= 0.6 is 0 Å². The number of carbonyl (C=O) groups excluding carboxylic acids is 3. The topological polar surface area (TPSA) is 133 Å². The van der Waals surface area contributed by atoms with Gasteiger partial charge >= 0.3 is 33.3 Å². The minimum absolute atomic E-state index is 0.227. The predicted molar refractivity (Wildman–Crippen MR) is 109 cm³/mol. The molecule has 0 amide bonds.